The Hall–Kier alpha value is -1.46. The van der Waals surface area contributed by atoms with Gasteiger partial charge in [0.25, 0.3) is 0 Å². The van der Waals surface area contributed by atoms with Crippen molar-refractivity contribution < 1.29 is 13.5 Å². The molecule has 0 aliphatic carbocycles. The molecule has 20 heavy (non-hydrogen) atoms. The second-order valence-corrected chi connectivity index (χ2v) is 5.10. The highest BCUT2D eigenvalue weighted by molar-refractivity contribution is 9.10. The summed E-state index contributed by atoms with van der Waals surface area (Å²) in [6, 6.07) is 9.09. The lowest BCUT2D eigenvalue weighted by molar-refractivity contribution is 0.403. The summed E-state index contributed by atoms with van der Waals surface area (Å²) in [7, 11) is 3.03. The molecule has 1 atom stereocenters. The Labute approximate surface area is 124 Å². The van der Waals surface area contributed by atoms with E-state index in [4.69, 9.17) is 4.74 Å². The van der Waals surface area contributed by atoms with E-state index in [1.165, 1.54) is 19.2 Å². The van der Waals surface area contributed by atoms with Crippen LogP contribution in [0.25, 0.3) is 0 Å². The molecular formula is C15H14BrF2NO. The van der Waals surface area contributed by atoms with E-state index in [1.807, 2.05) is 24.3 Å². The third kappa shape index (κ3) is 2.83. The summed E-state index contributed by atoms with van der Waals surface area (Å²) in [5.41, 5.74) is 0.734. The molecule has 0 fully saturated rings. The predicted molar refractivity (Wildman–Crippen MR) is 78.0 cm³/mol. The van der Waals surface area contributed by atoms with E-state index in [0.29, 0.717) is 0 Å². The summed E-state index contributed by atoms with van der Waals surface area (Å²) in [5.74, 6) is -1.13. The van der Waals surface area contributed by atoms with Crippen LogP contribution in [0.4, 0.5) is 8.78 Å². The zero-order chi connectivity index (χ0) is 14.7. The van der Waals surface area contributed by atoms with Gasteiger partial charge >= 0.3 is 0 Å². The minimum atomic E-state index is -0.642. The first-order valence-corrected chi connectivity index (χ1v) is 6.82. The molecule has 0 heterocycles. The monoisotopic (exact) mass is 341 g/mol. The molecule has 0 radical (unpaired) electrons. The van der Waals surface area contributed by atoms with Gasteiger partial charge in [-0.25, -0.2) is 8.78 Å². The number of halogens is 3. The Morgan fingerprint density at radius 3 is 2.25 bits per heavy atom. The highest BCUT2D eigenvalue weighted by atomic mass is 79.9. The molecule has 0 bridgehead atoms. The van der Waals surface area contributed by atoms with Gasteiger partial charge in [-0.05, 0) is 18.7 Å². The SMILES string of the molecule is CNC(c1ccccc1Br)c1c(F)cc(OC)cc1F. The van der Waals surface area contributed by atoms with Crippen LogP contribution >= 0.6 is 15.9 Å². The fourth-order valence-electron chi connectivity index (χ4n) is 2.12. The molecular weight excluding hydrogens is 328 g/mol. The van der Waals surface area contributed by atoms with Crippen LogP contribution in [-0.4, -0.2) is 14.2 Å². The van der Waals surface area contributed by atoms with Gasteiger partial charge in [-0.2, -0.15) is 0 Å². The molecule has 0 aliphatic rings. The lowest BCUT2D eigenvalue weighted by Gasteiger charge is -2.20. The first-order chi connectivity index (χ1) is 9.58. The Morgan fingerprint density at radius 2 is 1.75 bits per heavy atom. The molecule has 2 nitrogen and oxygen atoms in total. The Kier molecular flexibility index (Phi) is 4.73. The van der Waals surface area contributed by atoms with Crippen molar-refractivity contribution in [3.63, 3.8) is 0 Å². The van der Waals surface area contributed by atoms with Gasteiger partial charge in [0.15, 0.2) is 0 Å². The molecule has 0 aliphatic heterocycles. The average molecular weight is 342 g/mol. The highest BCUT2D eigenvalue weighted by Gasteiger charge is 2.23. The standard InChI is InChI=1S/C15H14BrF2NO/c1-19-15(10-5-3-4-6-11(10)16)14-12(17)7-9(20-2)8-13(14)18/h3-8,15,19H,1-2H3. The number of benzene rings is 2. The van der Waals surface area contributed by atoms with Gasteiger partial charge in [-0.15, -0.1) is 0 Å². The van der Waals surface area contributed by atoms with E-state index in [9.17, 15) is 8.78 Å². The van der Waals surface area contributed by atoms with E-state index in [-0.39, 0.29) is 11.3 Å². The van der Waals surface area contributed by atoms with Crippen molar-refractivity contribution >= 4 is 15.9 Å². The maximum absolute atomic E-state index is 14.2. The number of rotatable bonds is 4. The van der Waals surface area contributed by atoms with Gasteiger partial charge < -0.3 is 10.1 Å². The summed E-state index contributed by atoms with van der Waals surface area (Å²) in [4.78, 5) is 0. The molecule has 2 aromatic carbocycles. The van der Waals surface area contributed by atoms with E-state index in [0.717, 1.165) is 10.0 Å². The first kappa shape index (κ1) is 14.9. The van der Waals surface area contributed by atoms with Crippen molar-refractivity contribution in [3.8, 4) is 5.75 Å². The number of ether oxygens (including phenoxy) is 1. The summed E-state index contributed by atoms with van der Waals surface area (Å²) in [6.45, 7) is 0. The Bertz CT molecular complexity index is 596. The van der Waals surface area contributed by atoms with Crippen LogP contribution in [0, 0.1) is 11.6 Å². The van der Waals surface area contributed by atoms with Crippen LogP contribution < -0.4 is 10.1 Å². The molecule has 5 heteroatoms. The molecule has 1 N–H and O–H groups in total. The summed E-state index contributed by atoms with van der Waals surface area (Å²) in [5, 5.41) is 2.94. The zero-order valence-corrected chi connectivity index (χ0v) is 12.7. The van der Waals surface area contributed by atoms with E-state index in [2.05, 4.69) is 21.2 Å². The van der Waals surface area contributed by atoms with Crippen molar-refractivity contribution in [3.05, 3.63) is 63.6 Å². The highest BCUT2D eigenvalue weighted by Crippen LogP contribution is 2.33. The van der Waals surface area contributed by atoms with Gasteiger partial charge in [-0.1, -0.05) is 34.1 Å². The molecule has 2 aromatic rings. The summed E-state index contributed by atoms with van der Waals surface area (Å²) in [6.07, 6.45) is 0. The quantitative estimate of drug-likeness (QED) is 0.905. The molecule has 0 aromatic heterocycles. The van der Waals surface area contributed by atoms with Crippen molar-refractivity contribution in [1.29, 1.82) is 0 Å². The smallest absolute Gasteiger partial charge is 0.134 e. The number of methoxy groups -OCH3 is 1. The van der Waals surface area contributed by atoms with Crippen LogP contribution in [-0.2, 0) is 0 Å². The van der Waals surface area contributed by atoms with Crippen LogP contribution in [0.3, 0.4) is 0 Å². The van der Waals surface area contributed by atoms with Crippen molar-refractivity contribution in [2.24, 2.45) is 0 Å². The van der Waals surface area contributed by atoms with Gasteiger partial charge in [0.1, 0.15) is 17.4 Å². The maximum Gasteiger partial charge on any atom is 0.134 e. The molecule has 0 saturated carbocycles. The average Bonchev–Trinajstić information content (AvgIpc) is 2.43. The number of nitrogens with one attached hydrogen (secondary N) is 1. The van der Waals surface area contributed by atoms with Crippen LogP contribution in [0.2, 0.25) is 0 Å². The number of hydrogen-bond donors (Lipinski definition) is 1. The molecule has 106 valence electrons. The lowest BCUT2D eigenvalue weighted by atomic mass is 9.97. The topological polar surface area (TPSA) is 21.3 Å². The molecule has 0 amide bonds. The summed E-state index contributed by atoms with van der Waals surface area (Å²) < 4.78 is 34.0. The number of hydrogen-bond acceptors (Lipinski definition) is 2. The fraction of sp³-hybridized carbons (Fsp3) is 0.200. The Balaban J connectivity index is 2.56. The van der Waals surface area contributed by atoms with E-state index < -0.39 is 17.7 Å². The van der Waals surface area contributed by atoms with Crippen molar-refractivity contribution in [1.82, 2.24) is 5.32 Å². The van der Waals surface area contributed by atoms with Crippen LogP contribution in [0.1, 0.15) is 17.2 Å². The zero-order valence-electron chi connectivity index (χ0n) is 11.1. The second-order valence-electron chi connectivity index (χ2n) is 4.25. The Morgan fingerprint density at radius 1 is 1.15 bits per heavy atom. The van der Waals surface area contributed by atoms with Crippen LogP contribution in [0.5, 0.6) is 5.75 Å². The third-order valence-corrected chi connectivity index (χ3v) is 3.80. The van der Waals surface area contributed by atoms with E-state index in [1.54, 1.807) is 7.05 Å². The van der Waals surface area contributed by atoms with E-state index >= 15 is 0 Å². The van der Waals surface area contributed by atoms with Gasteiger partial charge in [0, 0.05) is 22.2 Å². The molecule has 2 rings (SSSR count). The normalized spacial score (nSPS) is 12.2. The van der Waals surface area contributed by atoms with Crippen LogP contribution in [0.15, 0.2) is 40.9 Å². The van der Waals surface area contributed by atoms with Crippen molar-refractivity contribution in [2.75, 3.05) is 14.2 Å². The van der Waals surface area contributed by atoms with Gasteiger partial charge in [0.2, 0.25) is 0 Å². The molecule has 1 unspecified atom stereocenters. The third-order valence-electron chi connectivity index (χ3n) is 3.08. The maximum atomic E-state index is 14.2. The minimum Gasteiger partial charge on any atom is -0.497 e. The van der Waals surface area contributed by atoms with Crippen molar-refractivity contribution in [2.45, 2.75) is 6.04 Å². The molecule has 0 spiro atoms. The van der Waals surface area contributed by atoms with Gasteiger partial charge in [0.05, 0.1) is 13.2 Å². The molecule has 0 saturated heterocycles. The lowest BCUT2D eigenvalue weighted by Crippen LogP contribution is -2.21. The second kappa shape index (κ2) is 6.33. The van der Waals surface area contributed by atoms with Gasteiger partial charge in [-0.3, -0.25) is 0 Å². The first-order valence-electron chi connectivity index (χ1n) is 6.03. The predicted octanol–water partition coefficient (Wildman–Crippen LogP) is 4.04. The summed E-state index contributed by atoms with van der Waals surface area (Å²) >= 11 is 3.40. The minimum absolute atomic E-state index is 0.0276. The fourth-order valence-corrected chi connectivity index (χ4v) is 2.63. The largest absolute Gasteiger partial charge is 0.497 e.